The van der Waals surface area contributed by atoms with Gasteiger partial charge >= 0.3 is 0 Å². The topological polar surface area (TPSA) is 66.9 Å². The fraction of sp³-hybridized carbons (Fsp3) is 0.222. The molecule has 0 heterocycles. The summed E-state index contributed by atoms with van der Waals surface area (Å²) in [6.07, 6.45) is 0.0775. The number of rotatable bonds is 2. The Hall–Kier alpha value is -1.16. The Kier molecular flexibility index (Phi) is 3.41. The summed E-state index contributed by atoms with van der Waals surface area (Å²) in [5.41, 5.74) is 1.18. The van der Waals surface area contributed by atoms with Gasteiger partial charge in [0.05, 0.1) is 17.4 Å². The minimum absolute atomic E-state index is 0.0680. The first-order chi connectivity index (χ1) is 6.57. The maximum Gasteiger partial charge on any atom is 0.277 e. The van der Waals surface area contributed by atoms with Gasteiger partial charge in [0.25, 0.3) is 5.69 Å². The van der Waals surface area contributed by atoms with E-state index < -0.39 is 4.92 Å². The van der Waals surface area contributed by atoms with E-state index in [0.29, 0.717) is 11.1 Å². The maximum atomic E-state index is 10.8. The Balaban J connectivity index is 3.39. The van der Waals surface area contributed by atoms with Gasteiger partial charge in [-0.1, -0.05) is 6.07 Å². The standard InChI is InChI=1S/C9H7IN2O2/c1-6-8(10)3-2-7(4-5-11)9(6)12(13)14/h2-3H,4H2,1H3. The lowest BCUT2D eigenvalue weighted by Crippen LogP contribution is -1.99. The molecule has 0 aliphatic heterocycles. The van der Waals surface area contributed by atoms with E-state index in [2.05, 4.69) is 0 Å². The molecule has 0 unspecified atom stereocenters. The number of hydrogen-bond acceptors (Lipinski definition) is 3. The summed E-state index contributed by atoms with van der Waals surface area (Å²) in [6.45, 7) is 1.70. The first-order valence-corrected chi connectivity index (χ1v) is 4.95. The quantitative estimate of drug-likeness (QED) is 0.479. The van der Waals surface area contributed by atoms with Crippen molar-refractivity contribution in [2.75, 3.05) is 0 Å². The Morgan fingerprint density at radius 1 is 1.64 bits per heavy atom. The predicted molar refractivity (Wildman–Crippen MR) is 59.9 cm³/mol. The van der Waals surface area contributed by atoms with E-state index in [1.807, 2.05) is 28.7 Å². The molecule has 0 amide bonds. The second-order valence-corrected chi connectivity index (χ2v) is 3.93. The molecule has 0 saturated heterocycles. The van der Waals surface area contributed by atoms with Crippen LogP contribution in [0, 0.1) is 31.9 Å². The van der Waals surface area contributed by atoms with Gasteiger partial charge in [-0.05, 0) is 35.6 Å². The molecule has 1 rings (SSSR count). The minimum Gasteiger partial charge on any atom is -0.258 e. The molecular weight excluding hydrogens is 295 g/mol. The Bertz CT molecular complexity index is 424. The summed E-state index contributed by atoms with van der Waals surface area (Å²) >= 11 is 2.04. The highest BCUT2D eigenvalue weighted by molar-refractivity contribution is 14.1. The van der Waals surface area contributed by atoms with Crippen molar-refractivity contribution in [3.8, 4) is 6.07 Å². The minimum atomic E-state index is -0.426. The van der Waals surface area contributed by atoms with Gasteiger partial charge in [-0.3, -0.25) is 10.1 Å². The monoisotopic (exact) mass is 302 g/mol. The molecule has 14 heavy (non-hydrogen) atoms. The van der Waals surface area contributed by atoms with Crippen LogP contribution in [0.25, 0.3) is 0 Å². The molecule has 1 aromatic carbocycles. The number of nitro benzene ring substituents is 1. The second-order valence-electron chi connectivity index (χ2n) is 2.77. The van der Waals surface area contributed by atoms with Crippen LogP contribution in [-0.4, -0.2) is 4.92 Å². The normalized spacial score (nSPS) is 9.50. The van der Waals surface area contributed by atoms with Crippen LogP contribution in [0.4, 0.5) is 5.69 Å². The highest BCUT2D eigenvalue weighted by Gasteiger charge is 2.18. The van der Waals surface area contributed by atoms with Crippen LogP contribution in [0.2, 0.25) is 0 Å². The van der Waals surface area contributed by atoms with Crippen molar-refractivity contribution >= 4 is 28.3 Å². The van der Waals surface area contributed by atoms with Gasteiger partial charge < -0.3 is 0 Å². The Labute approximate surface area is 94.8 Å². The van der Waals surface area contributed by atoms with Gasteiger partial charge in [0.2, 0.25) is 0 Å². The molecule has 4 nitrogen and oxygen atoms in total. The molecule has 0 aliphatic carbocycles. The van der Waals surface area contributed by atoms with Crippen LogP contribution < -0.4 is 0 Å². The number of halogens is 1. The first kappa shape index (κ1) is 10.9. The summed E-state index contributed by atoms with van der Waals surface area (Å²) in [5, 5.41) is 19.3. The number of hydrogen-bond donors (Lipinski definition) is 0. The maximum absolute atomic E-state index is 10.8. The smallest absolute Gasteiger partial charge is 0.258 e. The van der Waals surface area contributed by atoms with Crippen molar-refractivity contribution in [1.82, 2.24) is 0 Å². The molecule has 5 heteroatoms. The summed E-state index contributed by atoms with van der Waals surface area (Å²) in [5.74, 6) is 0. The van der Waals surface area contributed by atoms with Crippen LogP contribution in [0.15, 0.2) is 12.1 Å². The average Bonchev–Trinajstić information content (AvgIpc) is 2.11. The summed E-state index contributed by atoms with van der Waals surface area (Å²) in [6, 6.07) is 5.34. The van der Waals surface area contributed by atoms with E-state index in [-0.39, 0.29) is 12.1 Å². The fourth-order valence-electron chi connectivity index (χ4n) is 1.21. The summed E-state index contributed by atoms with van der Waals surface area (Å²) in [7, 11) is 0. The highest BCUT2D eigenvalue weighted by Crippen LogP contribution is 2.27. The van der Waals surface area contributed by atoms with E-state index in [1.165, 1.54) is 0 Å². The van der Waals surface area contributed by atoms with Gasteiger partial charge in [0, 0.05) is 14.7 Å². The van der Waals surface area contributed by atoms with Crippen LogP contribution >= 0.6 is 22.6 Å². The first-order valence-electron chi connectivity index (χ1n) is 3.87. The molecule has 0 aliphatic rings. The molecule has 1 aromatic rings. The number of nitrogens with zero attached hydrogens (tertiary/aromatic N) is 2. The molecule has 0 atom stereocenters. The number of benzene rings is 1. The molecule has 0 spiro atoms. The molecule has 72 valence electrons. The third kappa shape index (κ3) is 2.01. The van der Waals surface area contributed by atoms with E-state index in [4.69, 9.17) is 5.26 Å². The average molecular weight is 302 g/mol. The summed E-state index contributed by atoms with van der Waals surface area (Å²) < 4.78 is 0.844. The lowest BCUT2D eigenvalue weighted by Gasteiger charge is -2.03. The van der Waals surface area contributed by atoms with Crippen molar-refractivity contribution < 1.29 is 4.92 Å². The SMILES string of the molecule is Cc1c(I)ccc(CC#N)c1[N+](=O)[O-]. The third-order valence-corrected chi connectivity index (χ3v) is 3.07. The van der Waals surface area contributed by atoms with E-state index in [1.54, 1.807) is 19.1 Å². The molecule has 0 radical (unpaired) electrons. The predicted octanol–water partition coefficient (Wildman–Crippen LogP) is 2.57. The molecule has 0 aromatic heterocycles. The van der Waals surface area contributed by atoms with Crippen LogP contribution in [0.5, 0.6) is 0 Å². The molecule has 0 saturated carbocycles. The van der Waals surface area contributed by atoms with Crippen molar-refractivity contribution in [3.05, 3.63) is 36.9 Å². The van der Waals surface area contributed by atoms with E-state index in [9.17, 15) is 10.1 Å². The summed E-state index contributed by atoms with van der Waals surface area (Å²) in [4.78, 5) is 10.3. The van der Waals surface area contributed by atoms with Gasteiger partial charge in [-0.15, -0.1) is 0 Å². The van der Waals surface area contributed by atoms with Crippen LogP contribution in [0.1, 0.15) is 11.1 Å². The molecule has 0 N–H and O–H groups in total. The van der Waals surface area contributed by atoms with E-state index in [0.717, 1.165) is 3.57 Å². The zero-order valence-corrected chi connectivity index (χ0v) is 9.61. The van der Waals surface area contributed by atoms with Crippen molar-refractivity contribution in [2.45, 2.75) is 13.3 Å². The second kappa shape index (κ2) is 4.37. The lowest BCUT2D eigenvalue weighted by molar-refractivity contribution is -0.386. The zero-order valence-electron chi connectivity index (χ0n) is 7.45. The van der Waals surface area contributed by atoms with Gasteiger partial charge in [-0.2, -0.15) is 5.26 Å². The molecule has 0 fully saturated rings. The van der Waals surface area contributed by atoms with Gasteiger partial charge in [0.15, 0.2) is 0 Å². The van der Waals surface area contributed by atoms with Gasteiger partial charge in [-0.25, -0.2) is 0 Å². The molecule has 0 bridgehead atoms. The number of nitriles is 1. The highest BCUT2D eigenvalue weighted by atomic mass is 127. The van der Waals surface area contributed by atoms with Crippen LogP contribution in [0.3, 0.4) is 0 Å². The number of nitro groups is 1. The Morgan fingerprint density at radius 3 is 2.79 bits per heavy atom. The van der Waals surface area contributed by atoms with Crippen molar-refractivity contribution in [1.29, 1.82) is 5.26 Å². The van der Waals surface area contributed by atoms with Crippen molar-refractivity contribution in [3.63, 3.8) is 0 Å². The van der Waals surface area contributed by atoms with Crippen LogP contribution in [-0.2, 0) is 6.42 Å². The zero-order chi connectivity index (χ0) is 10.7. The van der Waals surface area contributed by atoms with E-state index >= 15 is 0 Å². The van der Waals surface area contributed by atoms with Crippen molar-refractivity contribution in [2.24, 2.45) is 0 Å². The molecular formula is C9H7IN2O2. The largest absolute Gasteiger partial charge is 0.277 e. The third-order valence-electron chi connectivity index (χ3n) is 1.90. The lowest BCUT2D eigenvalue weighted by atomic mass is 10.1. The Morgan fingerprint density at radius 2 is 2.29 bits per heavy atom. The fourth-order valence-corrected chi connectivity index (χ4v) is 1.65. The van der Waals surface area contributed by atoms with Gasteiger partial charge in [0.1, 0.15) is 0 Å².